The minimum Gasteiger partial charge on any atom is -0.496 e. The van der Waals surface area contributed by atoms with E-state index in [0.29, 0.717) is 24.3 Å². The third kappa shape index (κ3) is 4.46. The van der Waals surface area contributed by atoms with Crippen LogP contribution < -0.4 is 10.1 Å². The zero-order valence-electron chi connectivity index (χ0n) is 16.1. The predicted octanol–water partition coefficient (Wildman–Crippen LogP) is 2.58. The van der Waals surface area contributed by atoms with Crippen LogP contribution in [0.3, 0.4) is 0 Å². The van der Waals surface area contributed by atoms with Crippen molar-refractivity contribution in [1.82, 2.24) is 19.8 Å². The first kappa shape index (κ1) is 18.9. The van der Waals surface area contributed by atoms with Crippen LogP contribution in [0.2, 0.25) is 0 Å². The quantitative estimate of drug-likeness (QED) is 0.666. The Kier molecular flexibility index (Phi) is 6.08. The lowest BCUT2D eigenvalue weighted by Crippen LogP contribution is -2.27. The maximum absolute atomic E-state index is 12.5. The van der Waals surface area contributed by atoms with Crippen LogP contribution in [0.4, 0.5) is 0 Å². The van der Waals surface area contributed by atoms with Crippen molar-refractivity contribution in [1.29, 1.82) is 0 Å². The molecule has 0 radical (unpaired) electrons. The molecule has 1 amide bonds. The number of carbonyl (C=O) groups is 1. The van der Waals surface area contributed by atoms with Crippen molar-refractivity contribution in [3.8, 4) is 5.75 Å². The summed E-state index contributed by atoms with van der Waals surface area (Å²) in [5.74, 6) is 1.43. The molecule has 0 atom stereocenters. The van der Waals surface area contributed by atoms with Gasteiger partial charge in [-0.05, 0) is 38.4 Å². The normalized spacial score (nSPS) is 11.1. The van der Waals surface area contributed by atoms with E-state index in [1.807, 2.05) is 30.3 Å². The van der Waals surface area contributed by atoms with Gasteiger partial charge in [-0.3, -0.25) is 4.79 Å². The number of likely N-dealkylation sites (N-methyl/N-ethyl adjacent to an activating group) is 1. The number of benzene rings is 2. The Labute approximate surface area is 159 Å². The number of nitrogens with zero attached hydrogens (tertiary/aromatic N) is 3. The van der Waals surface area contributed by atoms with Crippen molar-refractivity contribution in [2.75, 3.05) is 34.3 Å². The second-order valence-electron chi connectivity index (χ2n) is 6.68. The minimum absolute atomic E-state index is 0.136. The molecule has 0 saturated carbocycles. The van der Waals surface area contributed by atoms with Gasteiger partial charge >= 0.3 is 0 Å². The fraction of sp³-hybridized carbons (Fsp3) is 0.333. The predicted molar refractivity (Wildman–Crippen MR) is 107 cm³/mol. The summed E-state index contributed by atoms with van der Waals surface area (Å²) in [5.41, 5.74) is 2.66. The van der Waals surface area contributed by atoms with Gasteiger partial charge in [-0.2, -0.15) is 0 Å². The molecule has 6 heteroatoms. The standard InChI is InChI=1S/C21H26N4O2/c1-24(2)14-15-25-18-10-6-5-9-17(18)23-20(25)12-13-22-21(26)16-8-4-7-11-19(16)27-3/h4-11H,12-15H2,1-3H3,(H,22,26). The number of imidazole rings is 1. The summed E-state index contributed by atoms with van der Waals surface area (Å²) in [4.78, 5) is 19.4. The van der Waals surface area contributed by atoms with Gasteiger partial charge in [-0.25, -0.2) is 4.98 Å². The molecular formula is C21H26N4O2. The number of hydrogen-bond donors (Lipinski definition) is 1. The zero-order valence-corrected chi connectivity index (χ0v) is 16.1. The summed E-state index contributed by atoms with van der Waals surface area (Å²) >= 11 is 0. The number of para-hydroxylation sites is 3. The number of amides is 1. The Morgan fingerprint density at radius 3 is 2.67 bits per heavy atom. The number of carbonyl (C=O) groups excluding carboxylic acids is 1. The lowest BCUT2D eigenvalue weighted by molar-refractivity contribution is 0.0951. The SMILES string of the molecule is COc1ccccc1C(=O)NCCc1nc2ccccc2n1CCN(C)C. The molecule has 0 fully saturated rings. The summed E-state index contributed by atoms with van der Waals surface area (Å²) in [6, 6.07) is 15.4. The van der Waals surface area contributed by atoms with Crippen LogP contribution in [0.1, 0.15) is 16.2 Å². The average molecular weight is 366 g/mol. The highest BCUT2D eigenvalue weighted by atomic mass is 16.5. The van der Waals surface area contributed by atoms with Crippen molar-refractivity contribution >= 4 is 16.9 Å². The van der Waals surface area contributed by atoms with Gasteiger partial charge in [0.1, 0.15) is 11.6 Å². The van der Waals surface area contributed by atoms with Gasteiger partial charge in [0, 0.05) is 26.1 Å². The molecular weight excluding hydrogens is 340 g/mol. The van der Waals surface area contributed by atoms with Crippen LogP contribution in [0.15, 0.2) is 48.5 Å². The van der Waals surface area contributed by atoms with Crippen molar-refractivity contribution < 1.29 is 9.53 Å². The summed E-state index contributed by atoms with van der Waals surface area (Å²) in [5, 5.41) is 2.98. The van der Waals surface area contributed by atoms with Gasteiger partial charge in [0.15, 0.2) is 0 Å². The molecule has 0 bridgehead atoms. The molecule has 0 saturated heterocycles. The third-order valence-corrected chi connectivity index (χ3v) is 4.49. The monoisotopic (exact) mass is 366 g/mol. The van der Waals surface area contributed by atoms with Crippen LogP contribution in [-0.4, -0.2) is 54.7 Å². The zero-order chi connectivity index (χ0) is 19.2. The molecule has 0 aliphatic carbocycles. The molecule has 2 aromatic carbocycles. The van der Waals surface area contributed by atoms with E-state index in [0.717, 1.165) is 29.9 Å². The highest BCUT2D eigenvalue weighted by molar-refractivity contribution is 5.96. The lowest BCUT2D eigenvalue weighted by atomic mass is 10.2. The second-order valence-corrected chi connectivity index (χ2v) is 6.68. The van der Waals surface area contributed by atoms with E-state index >= 15 is 0 Å². The van der Waals surface area contributed by atoms with Gasteiger partial charge in [-0.15, -0.1) is 0 Å². The summed E-state index contributed by atoms with van der Waals surface area (Å²) in [7, 11) is 5.69. The second kappa shape index (κ2) is 8.68. The van der Waals surface area contributed by atoms with Gasteiger partial charge < -0.3 is 19.5 Å². The van der Waals surface area contributed by atoms with Crippen LogP contribution in [-0.2, 0) is 13.0 Å². The van der Waals surface area contributed by atoms with E-state index in [-0.39, 0.29) is 5.91 Å². The largest absolute Gasteiger partial charge is 0.496 e. The Morgan fingerprint density at radius 2 is 1.89 bits per heavy atom. The first-order valence-corrected chi connectivity index (χ1v) is 9.10. The Balaban J connectivity index is 1.71. The summed E-state index contributed by atoms with van der Waals surface area (Å²) in [6.45, 7) is 2.31. The molecule has 27 heavy (non-hydrogen) atoms. The van der Waals surface area contributed by atoms with E-state index in [9.17, 15) is 4.79 Å². The third-order valence-electron chi connectivity index (χ3n) is 4.49. The maximum atomic E-state index is 12.5. The van der Waals surface area contributed by atoms with Crippen LogP contribution in [0.5, 0.6) is 5.75 Å². The molecule has 1 heterocycles. The fourth-order valence-electron chi connectivity index (χ4n) is 3.08. The smallest absolute Gasteiger partial charge is 0.255 e. The molecule has 0 unspecified atom stereocenters. The molecule has 0 spiro atoms. The highest BCUT2D eigenvalue weighted by Crippen LogP contribution is 2.18. The van der Waals surface area contributed by atoms with Gasteiger partial charge in [0.25, 0.3) is 5.91 Å². The van der Waals surface area contributed by atoms with Crippen molar-refractivity contribution in [2.45, 2.75) is 13.0 Å². The van der Waals surface area contributed by atoms with E-state index in [4.69, 9.17) is 9.72 Å². The molecule has 3 rings (SSSR count). The lowest BCUT2D eigenvalue weighted by Gasteiger charge is -2.14. The van der Waals surface area contributed by atoms with E-state index in [1.54, 1.807) is 19.2 Å². The Morgan fingerprint density at radius 1 is 1.15 bits per heavy atom. The van der Waals surface area contributed by atoms with Crippen molar-refractivity contribution in [2.24, 2.45) is 0 Å². The Hall–Kier alpha value is -2.86. The molecule has 142 valence electrons. The molecule has 0 aliphatic heterocycles. The molecule has 0 aliphatic rings. The van der Waals surface area contributed by atoms with Crippen LogP contribution >= 0.6 is 0 Å². The first-order valence-electron chi connectivity index (χ1n) is 9.10. The van der Waals surface area contributed by atoms with E-state index in [2.05, 4.69) is 34.9 Å². The van der Waals surface area contributed by atoms with Gasteiger partial charge in [-0.1, -0.05) is 24.3 Å². The molecule has 1 aromatic heterocycles. The molecule has 3 aromatic rings. The van der Waals surface area contributed by atoms with Crippen LogP contribution in [0.25, 0.3) is 11.0 Å². The topological polar surface area (TPSA) is 59.4 Å². The summed E-state index contributed by atoms with van der Waals surface area (Å²) < 4.78 is 7.50. The maximum Gasteiger partial charge on any atom is 0.255 e. The Bertz CT molecular complexity index is 917. The van der Waals surface area contributed by atoms with Crippen molar-refractivity contribution in [3.63, 3.8) is 0 Å². The van der Waals surface area contributed by atoms with E-state index < -0.39 is 0 Å². The number of ether oxygens (including phenoxy) is 1. The molecule has 1 N–H and O–H groups in total. The first-order chi connectivity index (χ1) is 13.1. The number of rotatable bonds is 8. The fourth-order valence-corrected chi connectivity index (χ4v) is 3.08. The number of nitrogens with one attached hydrogen (secondary N) is 1. The molecule has 6 nitrogen and oxygen atoms in total. The number of methoxy groups -OCH3 is 1. The number of fused-ring (bicyclic) bond motifs is 1. The van der Waals surface area contributed by atoms with Gasteiger partial charge in [0.05, 0.1) is 23.7 Å². The number of aromatic nitrogens is 2. The van der Waals surface area contributed by atoms with Gasteiger partial charge in [0.2, 0.25) is 0 Å². The van der Waals surface area contributed by atoms with E-state index in [1.165, 1.54) is 0 Å². The highest BCUT2D eigenvalue weighted by Gasteiger charge is 2.13. The van der Waals surface area contributed by atoms with Crippen LogP contribution in [0, 0.1) is 0 Å². The average Bonchev–Trinajstić information content (AvgIpc) is 3.03. The minimum atomic E-state index is -0.136. The van der Waals surface area contributed by atoms with Crippen molar-refractivity contribution in [3.05, 3.63) is 59.9 Å². The summed E-state index contributed by atoms with van der Waals surface area (Å²) in [6.07, 6.45) is 0.670. The number of hydrogen-bond acceptors (Lipinski definition) is 4.